The van der Waals surface area contributed by atoms with Crippen LogP contribution in [-0.4, -0.2) is 10.9 Å². The number of nitrogens with one attached hydrogen (secondary N) is 1. The number of oxazole rings is 1. The molecule has 0 saturated carbocycles. The Bertz CT molecular complexity index is 1430. The van der Waals surface area contributed by atoms with Gasteiger partial charge in [-0.05, 0) is 54.6 Å². The fourth-order valence-electron chi connectivity index (χ4n) is 3.29. The minimum atomic E-state index is -0.277. The molecule has 5 rings (SSSR count). The molecule has 2 aromatic heterocycles. The third-order valence-corrected chi connectivity index (χ3v) is 5.05. The van der Waals surface area contributed by atoms with Crippen molar-refractivity contribution in [3.63, 3.8) is 0 Å². The third-order valence-electron chi connectivity index (χ3n) is 4.81. The number of amides is 1. The summed E-state index contributed by atoms with van der Waals surface area (Å²) in [6.45, 7) is 0. The molecule has 5 nitrogen and oxygen atoms in total. The van der Waals surface area contributed by atoms with Crippen LogP contribution in [0.5, 0.6) is 0 Å². The Morgan fingerprint density at radius 1 is 0.875 bits per heavy atom. The van der Waals surface area contributed by atoms with Gasteiger partial charge in [-0.1, -0.05) is 48.0 Å². The van der Waals surface area contributed by atoms with Crippen LogP contribution < -0.4 is 5.32 Å². The molecular formula is C26H17ClN2O3. The van der Waals surface area contributed by atoms with Gasteiger partial charge in [0.25, 0.3) is 0 Å². The van der Waals surface area contributed by atoms with Crippen molar-refractivity contribution >= 4 is 40.4 Å². The van der Waals surface area contributed by atoms with Gasteiger partial charge in [0.1, 0.15) is 17.0 Å². The first-order valence-electron chi connectivity index (χ1n) is 9.95. The predicted octanol–water partition coefficient (Wildman–Crippen LogP) is 7.06. The van der Waals surface area contributed by atoms with E-state index in [0.29, 0.717) is 33.5 Å². The molecular weight excluding hydrogens is 424 g/mol. The van der Waals surface area contributed by atoms with Crippen LogP contribution in [-0.2, 0) is 4.79 Å². The number of rotatable bonds is 5. The highest BCUT2D eigenvalue weighted by Gasteiger charge is 2.10. The lowest BCUT2D eigenvalue weighted by Gasteiger charge is -2.00. The molecule has 0 atom stereocenters. The number of nitrogens with zero attached hydrogens (tertiary/aromatic N) is 1. The summed E-state index contributed by atoms with van der Waals surface area (Å²) < 4.78 is 11.6. The van der Waals surface area contributed by atoms with Gasteiger partial charge in [0.15, 0.2) is 5.58 Å². The highest BCUT2D eigenvalue weighted by Crippen LogP contribution is 2.28. The third kappa shape index (κ3) is 4.33. The molecule has 6 heteroatoms. The van der Waals surface area contributed by atoms with Crippen LogP contribution in [0.2, 0.25) is 5.02 Å². The lowest BCUT2D eigenvalue weighted by atomic mass is 10.2. The van der Waals surface area contributed by atoms with Gasteiger partial charge in [0.05, 0.1) is 0 Å². The number of hydrogen-bond acceptors (Lipinski definition) is 4. The molecule has 0 radical (unpaired) electrons. The van der Waals surface area contributed by atoms with Crippen molar-refractivity contribution < 1.29 is 13.6 Å². The number of furan rings is 1. The van der Waals surface area contributed by atoms with Crippen LogP contribution in [0, 0.1) is 0 Å². The lowest BCUT2D eigenvalue weighted by Crippen LogP contribution is -2.07. The van der Waals surface area contributed by atoms with Crippen LogP contribution in [0.3, 0.4) is 0 Å². The predicted molar refractivity (Wildman–Crippen MR) is 126 cm³/mol. The van der Waals surface area contributed by atoms with Crippen LogP contribution >= 0.6 is 11.6 Å². The van der Waals surface area contributed by atoms with Crippen LogP contribution in [0.4, 0.5) is 5.69 Å². The highest BCUT2D eigenvalue weighted by atomic mass is 35.5. The van der Waals surface area contributed by atoms with Gasteiger partial charge in [-0.25, -0.2) is 4.98 Å². The monoisotopic (exact) mass is 440 g/mol. The van der Waals surface area contributed by atoms with Crippen molar-refractivity contribution in [3.8, 4) is 22.8 Å². The SMILES string of the molecule is O=C(/C=C/c1ccc(-c2ccccc2)o1)Nc1ccc2oc(-c3cccc(Cl)c3)nc2c1. The summed E-state index contributed by atoms with van der Waals surface area (Å²) >= 11 is 6.05. The van der Waals surface area contributed by atoms with E-state index in [1.165, 1.54) is 6.08 Å². The molecule has 0 aliphatic heterocycles. The number of halogens is 1. The van der Waals surface area contributed by atoms with Gasteiger partial charge >= 0.3 is 0 Å². The molecule has 0 spiro atoms. The first kappa shape index (κ1) is 19.8. The maximum Gasteiger partial charge on any atom is 0.248 e. The second-order valence-corrected chi connectivity index (χ2v) is 7.54. The summed E-state index contributed by atoms with van der Waals surface area (Å²) in [6.07, 6.45) is 3.06. The summed E-state index contributed by atoms with van der Waals surface area (Å²) in [5.74, 6) is 1.54. The zero-order valence-electron chi connectivity index (χ0n) is 16.8. The molecule has 2 heterocycles. The fourth-order valence-corrected chi connectivity index (χ4v) is 3.48. The van der Waals surface area contributed by atoms with E-state index < -0.39 is 0 Å². The summed E-state index contributed by atoms with van der Waals surface area (Å²) in [5, 5.41) is 3.44. The summed E-state index contributed by atoms with van der Waals surface area (Å²) in [4.78, 5) is 16.9. The largest absolute Gasteiger partial charge is 0.457 e. The molecule has 0 bridgehead atoms. The maximum absolute atomic E-state index is 12.4. The quantitative estimate of drug-likeness (QED) is 0.297. The molecule has 3 aromatic carbocycles. The second-order valence-electron chi connectivity index (χ2n) is 7.10. The Morgan fingerprint density at radius 3 is 2.56 bits per heavy atom. The number of fused-ring (bicyclic) bond motifs is 1. The van der Waals surface area contributed by atoms with Crippen molar-refractivity contribution in [2.75, 3.05) is 5.32 Å². The first-order valence-corrected chi connectivity index (χ1v) is 10.3. The van der Waals surface area contributed by atoms with Gasteiger partial charge < -0.3 is 14.2 Å². The molecule has 5 aromatic rings. The smallest absolute Gasteiger partial charge is 0.248 e. The van der Waals surface area contributed by atoms with E-state index in [-0.39, 0.29) is 5.91 Å². The Hall–Kier alpha value is -4.09. The Balaban J connectivity index is 1.29. The van der Waals surface area contributed by atoms with E-state index >= 15 is 0 Å². The molecule has 156 valence electrons. The molecule has 0 fully saturated rings. The van der Waals surface area contributed by atoms with Gasteiger partial charge in [0.2, 0.25) is 11.8 Å². The molecule has 0 aliphatic rings. The highest BCUT2D eigenvalue weighted by molar-refractivity contribution is 6.30. The standard InChI is InChI=1S/C26H17ClN2O3/c27-19-8-4-7-18(15-19)26-29-22-16-20(9-12-24(22)32-26)28-25(30)14-11-21-10-13-23(31-21)17-5-2-1-3-6-17/h1-16H,(H,28,30)/b14-11+. The number of aromatic nitrogens is 1. The molecule has 0 unspecified atom stereocenters. The van der Waals surface area contributed by atoms with E-state index in [1.807, 2.05) is 54.6 Å². The molecule has 0 aliphatic carbocycles. The van der Waals surface area contributed by atoms with Gasteiger partial charge in [-0.2, -0.15) is 0 Å². The minimum absolute atomic E-state index is 0.277. The average molecular weight is 441 g/mol. The Labute approximate surface area is 189 Å². The second kappa shape index (κ2) is 8.57. The van der Waals surface area contributed by atoms with Gasteiger partial charge in [0, 0.05) is 27.9 Å². The topological polar surface area (TPSA) is 68.3 Å². The number of carbonyl (C=O) groups excluding carboxylic acids is 1. The van der Waals surface area contributed by atoms with Crippen molar-refractivity contribution in [2.45, 2.75) is 0 Å². The zero-order chi connectivity index (χ0) is 21.9. The Kier molecular flexibility index (Phi) is 5.32. The van der Waals surface area contributed by atoms with Gasteiger partial charge in [-0.15, -0.1) is 0 Å². The lowest BCUT2D eigenvalue weighted by molar-refractivity contribution is -0.111. The molecule has 32 heavy (non-hydrogen) atoms. The van der Waals surface area contributed by atoms with Crippen LogP contribution in [0.25, 0.3) is 40.0 Å². The maximum atomic E-state index is 12.4. The number of benzene rings is 3. The summed E-state index contributed by atoms with van der Waals surface area (Å²) in [7, 11) is 0. The van der Waals surface area contributed by atoms with Crippen molar-refractivity contribution in [3.05, 3.63) is 102 Å². The molecule has 1 amide bonds. The number of hydrogen-bond donors (Lipinski definition) is 1. The van der Waals surface area contributed by atoms with Crippen LogP contribution in [0.1, 0.15) is 5.76 Å². The number of carbonyl (C=O) groups is 1. The van der Waals surface area contributed by atoms with E-state index in [1.54, 1.807) is 36.4 Å². The summed E-state index contributed by atoms with van der Waals surface area (Å²) in [6, 6.07) is 26.1. The Morgan fingerprint density at radius 2 is 1.72 bits per heavy atom. The van der Waals surface area contributed by atoms with Gasteiger partial charge in [-0.3, -0.25) is 4.79 Å². The van der Waals surface area contributed by atoms with Crippen molar-refractivity contribution in [1.82, 2.24) is 4.98 Å². The van der Waals surface area contributed by atoms with E-state index in [4.69, 9.17) is 20.4 Å². The fraction of sp³-hybridized carbons (Fsp3) is 0. The average Bonchev–Trinajstić information content (AvgIpc) is 3.45. The van der Waals surface area contributed by atoms with Crippen LogP contribution in [0.15, 0.2) is 99.8 Å². The first-order chi connectivity index (χ1) is 15.6. The van der Waals surface area contributed by atoms with E-state index in [2.05, 4.69) is 10.3 Å². The van der Waals surface area contributed by atoms with Crippen molar-refractivity contribution in [2.24, 2.45) is 0 Å². The van der Waals surface area contributed by atoms with E-state index in [9.17, 15) is 4.79 Å². The van der Waals surface area contributed by atoms with Crippen molar-refractivity contribution in [1.29, 1.82) is 0 Å². The number of anilines is 1. The molecule has 0 saturated heterocycles. The summed E-state index contributed by atoms with van der Waals surface area (Å²) in [5.41, 5.74) is 3.64. The zero-order valence-corrected chi connectivity index (χ0v) is 17.5. The molecule has 1 N–H and O–H groups in total. The van der Waals surface area contributed by atoms with E-state index in [0.717, 1.165) is 16.9 Å². The normalized spacial score (nSPS) is 11.3. The minimum Gasteiger partial charge on any atom is -0.457 e.